The van der Waals surface area contributed by atoms with Crippen molar-refractivity contribution in [2.24, 2.45) is 5.92 Å². The van der Waals surface area contributed by atoms with Crippen molar-refractivity contribution in [1.29, 1.82) is 0 Å². The number of hydrogen-bond donors (Lipinski definition) is 1. The number of hydrogen-bond acceptors (Lipinski definition) is 6. The van der Waals surface area contributed by atoms with E-state index in [0.29, 0.717) is 30.8 Å². The summed E-state index contributed by atoms with van der Waals surface area (Å²) >= 11 is 0. The van der Waals surface area contributed by atoms with Crippen molar-refractivity contribution in [1.82, 2.24) is 25.3 Å². The van der Waals surface area contributed by atoms with Crippen LogP contribution in [0.5, 0.6) is 0 Å². The molecule has 3 fully saturated rings. The molecule has 1 atom stereocenters. The van der Waals surface area contributed by atoms with Gasteiger partial charge < -0.3 is 24.3 Å². The van der Waals surface area contributed by atoms with Crippen LogP contribution in [0.4, 0.5) is 4.79 Å². The van der Waals surface area contributed by atoms with Gasteiger partial charge in [-0.15, -0.1) is 10.2 Å². The number of nitrogens with one attached hydrogen (secondary N) is 1. The van der Waals surface area contributed by atoms with Crippen LogP contribution in [0.15, 0.2) is 4.42 Å². The van der Waals surface area contributed by atoms with Crippen molar-refractivity contribution in [3.8, 4) is 0 Å². The summed E-state index contributed by atoms with van der Waals surface area (Å²) in [5.41, 5.74) is -0.240. The zero-order valence-electron chi connectivity index (χ0n) is 17.2. The number of aromatic nitrogens is 2. The van der Waals surface area contributed by atoms with Crippen molar-refractivity contribution < 1.29 is 13.9 Å². The van der Waals surface area contributed by atoms with Crippen LogP contribution < -0.4 is 5.32 Å². The molecule has 0 saturated carbocycles. The molecule has 3 saturated heterocycles. The monoisotopic (exact) mass is 391 g/mol. The molecule has 8 nitrogen and oxygen atoms in total. The van der Waals surface area contributed by atoms with Gasteiger partial charge in [0.2, 0.25) is 11.8 Å². The van der Waals surface area contributed by atoms with E-state index in [9.17, 15) is 4.79 Å². The molecule has 4 heterocycles. The third kappa shape index (κ3) is 4.33. The van der Waals surface area contributed by atoms with Crippen LogP contribution in [0.1, 0.15) is 56.7 Å². The fourth-order valence-corrected chi connectivity index (χ4v) is 4.61. The number of rotatable bonds is 4. The number of amides is 2. The maximum absolute atomic E-state index is 12.5. The molecule has 1 unspecified atom stereocenters. The van der Waals surface area contributed by atoms with Crippen molar-refractivity contribution >= 4 is 6.03 Å². The first-order valence-electron chi connectivity index (χ1n) is 10.7. The molecule has 3 aliphatic rings. The Labute approximate surface area is 167 Å². The van der Waals surface area contributed by atoms with E-state index in [-0.39, 0.29) is 11.4 Å². The summed E-state index contributed by atoms with van der Waals surface area (Å²) in [5, 5.41) is 11.7. The van der Waals surface area contributed by atoms with Crippen LogP contribution in [-0.4, -0.2) is 79.0 Å². The van der Waals surface area contributed by atoms with E-state index in [1.54, 1.807) is 0 Å². The van der Waals surface area contributed by atoms with Crippen LogP contribution in [0, 0.1) is 5.92 Å². The van der Waals surface area contributed by atoms with E-state index in [2.05, 4.69) is 34.4 Å². The Morgan fingerprint density at radius 3 is 2.79 bits per heavy atom. The highest BCUT2D eigenvalue weighted by Crippen LogP contribution is 2.35. The highest BCUT2D eigenvalue weighted by Gasteiger charge is 2.47. The van der Waals surface area contributed by atoms with Gasteiger partial charge in [0.1, 0.15) is 0 Å². The van der Waals surface area contributed by atoms with E-state index >= 15 is 0 Å². The SMILES string of the molecule is CN1CCCCC(CNC(=O)N2CC(C)(c3nnc(C4CCOCC4)o3)C2)C1. The molecule has 4 rings (SSSR count). The third-order valence-electron chi connectivity index (χ3n) is 6.41. The van der Waals surface area contributed by atoms with Crippen LogP contribution >= 0.6 is 0 Å². The molecule has 0 spiro atoms. The lowest BCUT2D eigenvalue weighted by Gasteiger charge is -2.45. The summed E-state index contributed by atoms with van der Waals surface area (Å²) in [7, 11) is 2.17. The number of likely N-dealkylation sites (tertiary alicyclic amines) is 2. The highest BCUT2D eigenvalue weighted by molar-refractivity contribution is 5.75. The average molecular weight is 392 g/mol. The molecular formula is C20H33N5O3. The molecule has 0 aliphatic carbocycles. The zero-order valence-corrected chi connectivity index (χ0v) is 17.2. The van der Waals surface area contributed by atoms with E-state index < -0.39 is 0 Å². The average Bonchev–Trinajstić information content (AvgIpc) is 3.08. The predicted molar refractivity (Wildman–Crippen MR) is 104 cm³/mol. The Balaban J connectivity index is 1.26. The largest absolute Gasteiger partial charge is 0.424 e. The molecule has 3 aliphatic heterocycles. The Morgan fingerprint density at radius 1 is 1.21 bits per heavy atom. The topological polar surface area (TPSA) is 83.7 Å². The second-order valence-electron chi connectivity index (χ2n) is 9.06. The fraction of sp³-hybridized carbons (Fsp3) is 0.850. The summed E-state index contributed by atoms with van der Waals surface area (Å²) in [6.07, 6.45) is 5.57. The summed E-state index contributed by atoms with van der Waals surface area (Å²) in [6, 6.07) is 0.0218. The Bertz CT molecular complexity index is 667. The standard InChI is InChI=1S/C20H33N5O3/c1-20(18-23-22-17(28-18)16-6-9-27-10-7-16)13-25(14-20)19(26)21-11-15-5-3-4-8-24(2)12-15/h15-16H,3-14H2,1-2H3,(H,21,26). The normalized spacial score (nSPS) is 26.5. The summed E-state index contributed by atoms with van der Waals surface area (Å²) in [4.78, 5) is 16.7. The molecule has 156 valence electrons. The molecule has 1 aromatic rings. The first kappa shape index (κ1) is 19.6. The minimum absolute atomic E-state index is 0.0218. The Hall–Kier alpha value is -1.67. The first-order chi connectivity index (χ1) is 13.5. The smallest absolute Gasteiger partial charge is 0.317 e. The Morgan fingerprint density at radius 2 is 2.00 bits per heavy atom. The van der Waals surface area contributed by atoms with Crippen LogP contribution in [0.25, 0.3) is 0 Å². The van der Waals surface area contributed by atoms with Gasteiger partial charge in [-0.25, -0.2) is 4.79 Å². The summed E-state index contributed by atoms with van der Waals surface area (Å²) < 4.78 is 11.4. The van der Waals surface area contributed by atoms with Crippen LogP contribution in [-0.2, 0) is 10.2 Å². The lowest BCUT2D eigenvalue weighted by molar-refractivity contribution is 0.0714. The first-order valence-corrected chi connectivity index (χ1v) is 10.7. The van der Waals surface area contributed by atoms with Gasteiger partial charge in [-0.2, -0.15) is 0 Å². The minimum Gasteiger partial charge on any atom is -0.424 e. The Kier molecular flexibility index (Phi) is 5.87. The second kappa shape index (κ2) is 8.37. The van der Waals surface area contributed by atoms with Gasteiger partial charge in [0.25, 0.3) is 0 Å². The minimum atomic E-state index is -0.240. The molecule has 28 heavy (non-hydrogen) atoms. The van der Waals surface area contributed by atoms with Gasteiger partial charge in [0, 0.05) is 45.3 Å². The second-order valence-corrected chi connectivity index (χ2v) is 9.06. The number of carbonyl (C=O) groups excluding carboxylic acids is 1. The van der Waals surface area contributed by atoms with Gasteiger partial charge in [-0.1, -0.05) is 6.42 Å². The summed E-state index contributed by atoms with van der Waals surface area (Å²) in [6.45, 7) is 7.83. The van der Waals surface area contributed by atoms with Crippen molar-refractivity contribution in [2.75, 3.05) is 53.0 Å². The number of carbonyl (C=O) groups is 1. The van der Waals surface area contributed by atoms with Crippen LogP contribution in [0.2, 0.25) is 0 Å². The van der Waals surface area contributed by atoms with Crippen LogP contribution in [0.3, 0.4) is 0 Å². The number of nitrogens with zero attached hydrogens (tertiary/aromatic N) is 4. The lowest BCUT2D eigenvalue weighted by Crippen LogP contribution is -2.62. The molecule has 1 N–H and O–H groups in total. The zero-order chi connectivity index (χ0) is 19.6. The number of urea groups is 1. The maximum atomic E-state index is 12.5. The van der Waals surface area contributed by atoms with Gasteiger partial charge in [-0.05, 0) is 52.1 Å². The lowest BCUT2D eigenvalue weighted by atomic mass is 9.82. The van der Waals surface area contributed by atoms with Gasteiger partial charge in [-0.3, -0.25) is 0 Å². The van der Waals surface area contributed by atoms with Crippen molar-refractivity contribution in [3.05, 3.63) is 11.8 Å². The van der Waals surface area contributed by atoms with Gasteiger partial charge in [0.05, 0.1) is 5.41 Å². The molecule has 0 radical (unpaired) electrons. The van der Waals surface area contributed by atoms with E-state index in [0.717, 1.165) is 51.6 Å². The predicted octanol–water partition coefficient (Wildman–Crippen LogP) is 1.98. The molecule has 8 heteroatoms. The quantitative estimate of drug-likeness (QED) is 0.845. The fourth-order valence-electron chi connectivity index (χ4n) is 4.61. The third-order valence-corrected chi connectivity index (χ3v) is 6.41. The maximum Gasteiger partial charge on any atom is 0.317 e. The molecule has 1 aromatic heterocycles. The molecule has 0 bridgehead atoms. The van der Waals surface area contributed by atoms with Gasteiger partial charge in [0.15, 0.2) is 0 Å². The van der Waals surface area contributed by atoms with E-state index in [1.807, 2.05) is 4.90 Å². The van der Waals surface area contributed by atoms with Crippen molar-refractivity contribution in [2.45, 2.75) is 50.4 Å². The highest BCUT2D eigenvalue weighted by atomic mass is 16.5. The number of ether oxygens (including phenoxy) is 1. The van der Waals surface area contributed by atoms with Gasteiger partial charge >= 0.3 is 6.03 Å². The molecular weight excluding hydrogens is 358 g/mol. The molecule has 0 aromatic carbocycles. The van der Waals surface area contributed by atoms with E-state index in [4.69, 9.17) is 9.15 Å². The molecule has 2 amide bonds. The van der Waals surface area contributed by atoms with E-state index in [1.165, 1.54) is 19.3 Å². The summed E-state index contributed by atoms with van der Waals surface area (Å²) in [5.74, 6) is 2.22. The van der Waals surface area contributed by atoms with Crippen molar-refractivity contribution in [3.63, 3.8) is 0 Å².